The fourth-order valence-corrected chi connectivity index (χ4v) is 2.60. The van der Waals surface area contributed by atoms with Gasteiger partial charge >= 0.3 is 0 Å². The lowest BCUT2D eigenvalue weighted by Gasteiger charge is -2.15. The van der Waals surface area contributed by atoms with Crippen molar-refractivity contribution in [3.63, 3.8) is 0 Å². The monoisotopic (exact) mass is 376 g/mol. The molecule has 0 aliphatic carbocycles. The van der Waals surface area contributed by atoms with E-state index in [2.05, 4.69) is 4.98 Å². The van der Waals surface area contributed by atoms with Gasteiger partial charge in [0.2, 0.25) is 5.91 Å². The summed E-state index contributed by atoms with van der Waals surface area (Å²) in [5.74, 6) is 0.274. The first-order valence-electron chi connectivity index (χ1n) is 8.90. The number of carbonyl (C=O) groups is 1. The minimum Gasteiger partial charge on any atom is -0.487 e. The van der Waals surface area contributed by atoms with Crippen molar-refractivity contribution in [3.8, 4) is 5.75 Å². The Balaban J connectivity index is 1.52. The highest BCUT2D eigenvalue weighted by molar-refractivity contribution is 5.91. The van der Waals surface area contributed by atoms with Crippen LogP contribution in [0.3, 0.4) is 0 Å². The first-order valence-corrected chi connectivity index (χ1v) is 8.90. The van der Waals surface area contributed by atoms with Gasteiger partial charge in [-0.15, -0.1) is 0 Å². The first-order chi connectivity index (χ1) is 13.6. The van der Waals surface area contributed by atoms with E-state index in [0.29, 0.717) is 13.2 Å². The van der Waals surface area contributed by atoms with Crippen molar-refractivity contribution in [2.75, 3.05) is 7.05 Å². The molecule has 0 unspecified atom stereocenters. The van der Waals surface area contributed by atoms with Crippen LogP contribution in [0.4, 0.5) is 4.39 Å². The lowest BCUT2D eigenvalue weighted by Crippen LogP contribution is -2.24. The minimum absolute atomic E-state index is 0.153. The molecule has 0 fully saturated rings. The Morgan fingerprint density at radius 3 is 2.64 bits per heavy atom. The molecular weight excluding hydrogens is 355 g/mol. The number of amides is 1. The van der Waals surface area contributed by atoms with Gasteiger partial charge < -0.3 is 9.64 Å². The molecule has 0 saturated carbocycles. The maximum absolute atomic E-state index is 13.2. The smallest absolute Gasteiger partial charge is 0.246 e. The number of hydrogen-bond acceptors (Lipinski definition) is 3. The molecule has 0 spiro atoms. The van der Waals surface area contributed by atoms with Gasteiger partial charge in [-0.2, -0.15) is 0 Å². The lowest BCUT2D eigenvalue weighted by molar-refractivity contribution is -0.125. The van der Waals surface area contributed by atoms with Crippen LogP contribution in [0.2, 0.25) is 0 Å². The van der Waals surface area contributed by atoms with E-state index in [1.165, 1.54) is 23.1 Å². The highest BCUT2D eigenvalue weighted by atomic mass is 19.1. The van der Waals surface area contributed by atoms with Crippen LogP contribution in [0.1, 0.15) is 16.8 Å². The Hall–Kier alpha value is -3.47. The largest absolute Gasteiger partial charge is 0.487 e. The normalized spacial score (nSPS) is 10.8. The fraction of sp³-hybridized carbons (Fsp3) is 0.130. The maximum atomic E-state index is 13.2. The third-order valence-electron chi connectivity index (χ3n) is 4.10. The molecule has 3 aromatic rings. The number of ether oxygens (including phenoxy) is 1. The quantitative estimate of drug-likeness (QED) is 0.571. The average molecular weight is 376 g/mol. The van der Waals surface area contributed by atoms with Crippen LogP contribution < -0.4 is 4.74 Å². The Morgan fingerprint density at radius 2 is 1.93 bits per heavy atom. The van der Waals surface area contributed by atoms with Crippen molar-refractivity contribution in [3.05, 3.63) is 102 Å². The van der Waals surface area contributed by atoms with Gasteiger partial charge in [0.25, 0.3) is 0 Å². The van der Waals surface area contributed by atoms with E-state index in [9.17, 15) is 9.18 Å². The van der Waals surface area contributed by atoms with Crippen LogP contribution in [-0.4, -0.2) is 22.8 Å². The molecule has 1 heterocycles. The van der Waals surface area contributed by atoms with E-state index < -0.39 is 0 Å². The number of likely N-dealkylation sites (N-methyl/N-ethyl adjacent to an activating group) is 1. The highest BCUT2D eigenvalue weighted by Gasteiger charge is 2.06. The zero-order valence-electron chi connectivity index (χ0n) is 15.6. The van der Waals surface area contributed by atoms with Crippen molar-refractivity contribution in [2.24, 2.45) is 0 Å². The SMILES string of the molecule is CN(Cc1cccc(F)c1)C(=O)/C=C/c1ccc(OCc2ccccn2)cc1. The zero-order chi connectivity index (χ0) is 19.8. The molecule has 1 amide bonds. The van der Waals surface area contributed by atoms with Crippen LogP contribution in [0, 0.1) is 5.82 Å². The van der Waals surface area contributed by atoms with E-state index in [1.807, 2.05) is 42.5 Å². The molecule has 1 aromatic heterocycles. The second-order valence-corrected chi connectivity index (χ2v) is 6.34. The number of rotatable bonds is 7. The summed E-state index contributed by atoms with van der Waals surface area (Å²) in [6.07, 6.45) is 4.98. The van der Waals surface area contributed by atoms with Crippen LogP contribution >= 0.6 is 0 Å². The number of pyridine rings is 1. The molecule has 0 atom stereocenters. The summed E-state index contributed by atoms with van der Waals surface area (Å²) >= 11 is 0. The van der Waals surface area contributed by atoms with E-state index in [0.717, 1.165) is 22.6 Å². The molecule has 0 saturated heterocycles. The minimum atomic E-state index is -0.306. The predicted octanol–water partition coefficient (Wildman–Crippen LogP) is 4.47. The molecule has 0 aliphatic rings. The van der Waals surface area contributed by atoms with Gasteiger partial charge in [0.05, 0.1) is 5.69 Å². The van der Waals surface area contributed by atoms with E-state index in [1.54, 1.807) is 31.5 Å². The summed E-state index contributed by atoms with van der Waals surface area (Å²) in [5.41, 5.74) is 2.50. The van der Waals surface area contributed by atoms with E-state index in [4.69, 9.17) is 4.74 Å². The molecule has 0 aliphatic heterocycles. The summed E-state index contributed by atoms with van der Waals surface area (Å²) in [4.78, 5) is 18.0. The molecular formula is C23H21FN2O2. The number of carbonyl (C=O) groups excluding carboxylic acids is 1. The van der Waals surface area contributed by atoms with Gasteiger partial charge in [0.15, 0.2) is 0 Å². The number of halogens is 1. The molecule has 2 aromatic carbocycles. The highest BCUT2D eigenvalue weighted by Crippen LogP contribution is 2.15. The standard InChI is InChI=1S/C23H21FN2O2/c1-26(16-19-5-4-6-20(24)15-19)23(27)13-10-18-8-11-22(12-9-18)28-17-21-7-2-3-14-25-21/h2-15H,16-17H2,1H3/b13-10+. The van der Waals surface area contributed by atoms with Gasteiger partial charge in [-0.1, -0.05) is 30.3 Å². The summed E-state index contributed by atoms with van der Waals surface area (Å²) < 4.78 is 18.9. The Morgan fingerprint density at radius 1 is 1.11 bits per heavy atom. The lowest BCUT2D eigenvalue weighted by atomic mass is 10.2. The molecule has 0 bridgehead atoms. The maximum Gasteiger partial charge on any atom is 0.246 e. The van der Waals surface area contributed by atoms with Crippen LogP contribution in [0.5, 0.6) is 5.75 Å². The first kappa shape index (κ1) is 19.3. The van der Waals surface area contributed by atoms with Crippen molar-refractivity contribution in [1.82, 2.24) is 9.88 Å². The predicted molar refractivity (Wildman–Crippen MR) is 107 cm³/mol. The number of aromatic nitrogens is 1. The van der Waals surface area contributed by atoms with Gasteiger partial charge in [-0.3, -0.25) is 9.78 Å². The summed E-state index contributed by atoms with van der Waals surface area (Å²) in [6.45, 7) is 0.751. The molecule has 0 radical (unpaired) electrons. The summed E-state index contributed by atoms with van der Waals surface area (Å²) in [7, 11) is 1.69. The Kier molecular flexibility index (Phi) is 6.52. The van der Waals surface area contributed by atoms with Gasteiger partial charge in [0, 0.05) is 25.9 Å². The Bertz CT molecular complexity index is 940. The van der Waals surface area contributed by atoms with Crippen LogP contribution in [0.15, 0.2) is 79.0 Å². The number of benzene rings is 2. The second-order valence-electron chi connectivity index (χ2n) is 6.34. The molecule has 3 rings (SSSR count). The van der Waals surface area contributed by atoms with E-state index in [-0.39, 0.29) is 11.7 Å². The van der Waals surface area contributed by atoms with Crippen LogP contribution in [-0.2, 0) is 17.9 Å². The molecule has 5 heteroatoms. The van der Waals surface area contributed by atoms with Crippen LogP contribution in [0.25, 0.3) is 6.08 Å². The van der Waals surface area contributed by atoms with Crippen molar-refractivity contribution in [1.29, 1.82) is 0 Å². The molecule has 0 N–H and O–H groups in total. The van der Waals surface area contributed by atoms with E-state index >= 15 is 0 Å². The number of hydrogen-bond donors (Lipinski definition) is 0. The average Bonchev–Trinajstić information content (AvgIpc) is 2.72. The molecule has 4 nitrogen and oxygen atoms in total. The topological polar surface area (TPSA) is 42.4 Å². The fourth-order valence-electron chi connectivity index (χ4n) is 2.60. The van der Waals surface area contributed by atoms with Gasteiger partial charge in [-0.25, -0.2) is 4.39 Å². The van der Waals surface area contributed by atoms with Crippen molar-refractivity contribution < 1.29 is 13.9 Å². The Labute approximate surface area is 163 Å². The summed E-state index contributed by atoms with van der Waals surface area (Å²) in [5, 5.41) is 0. The molecule has 28 heavy (non-hydrogen) atoms. The third-order valence-corrected chi connectivity index (χ3v) is 4.10. The van der Waals surface area contributed by atoms with Crippen molar-refractivity contribution in [2.45, 2.75) is 13.2 Å². The number of nitrogens with zero attached hydrogens (tertiary/aromatic N) is 2. The van der Waals surface area contributed by atoms with Gasteiger partial charge in [-0.05, 0) is 53.6 Å². The zero-order valence-corrected chi connectivity index (χ0v) is 15.6. The van der Waals surface area contributed by atoms with Crippen molar-refractivity contribution >= 4 is 12.0 Å². The molecule has 142 valence electrons. The summed E-state index contributed by atoms with van der Waals surface area (Å²) in [6, 6.07) is 19.4. The second kappa shape index (κ2) is 9.46. The third kappa shape index (κ3) is 5.77. The van der Waals surface area contributed by atoms with Gasteiger partial charge in [0.1, 0.15) is 18.2 Å².